The van der Waals surface area contributed by atoms with Crippen LogP contribution in [0, 0.1) is 0 Å². The van der Waals surface area contributed by atoms with Gasteiger partial charge in [0.2, 0.25) is 10.0 Å². The Morgan fingerprint density at radius 1 is 0.879 bits per heavy atom. The van der Waals surface area contributed by atoms with Crippen LogP contribution in [0.4, 0.5) is 0 Å². The van der Waals surface area contributed by atoms with Crippen molar-refractivity contribution >= 4 is 22.6 Å². The van der Waals surface area contributed by atoms with E-state index in [4.69, 9.17) is 5.11 Å². The number of phenolic OH excluding ortho intramolecular Hbond substituents is 2. The molecule has 0 unspecified atom stereocenters. The highest BCUT2D eigenvalue weighted by Gasteiger charge is 2.27. The van der Waals surface area contributed by atoms with Crippen LogP contribution < -0.4 is 0 Å². The van der Waals surface area contributed by atoms with E-state index < -0.39 is 15.9 Å². The van der Waals surface area contributed by atoms with E-state index in [9.17, 15) is 28.2 Å². The monoisotopic (exact) mass is 469 g/mol. The number of benzene rings is 3. The van der Waals surface area contributed by atoms with Crippen LogP contribution in [0.25, 0.3) is 0 Å². The van der Waals surface area contributed by atoms with Gasteiger partial charge in [-0.3, -0.25) is 9.59 Å². The Bertz CT molecular complexity index is 1230. The number of aliphatic hydroxyl groups excluding tert-OH is 1. The Labute approximate surface area is 191 Å². The third-order valence-corrected chi connectivity index (χ3v) is 7.16. The van der Waals surface area contributed by atoms with Gasteiger partial charge in [0.1, 0.15) is 24.1 Å². The number of aromatic hydroxyl groups is 2. The van der Waals surface area contributed by atoms with Gasteiger partial charge in [0.05, 0.1) is 11.5 Å². The highest BCUT2D eigenvalue weighted by atomic mass is 32.2. The lowest BCUT2D eigenvalue weighted by Gasteiger charge is -2.23. The van der Waals surface area contributed by atoms with Gasteiger partial charge < -0.3 is 15.3 Å². The summed E-state index contributed by atoms with van der Waals surface area (Å²) in [5.74, 6) is -1.25. The van der Waals surface area contributed by atoms with Crippen LogP contribution in [0.1, 0.15) is 43.3 Å². The molecule has 0 radical (unpaired) electrons. The summed E-state index contributed by atoms with van der Waals surface area (Å²) < 4.78 is 26.9. The van der Waals surface area contributed by atoms with Crippen molar-refractivity contribution < 1.29 is 33.3 Å². The first-order chi connectivity index (χ1) is 15.7. The van der Waals surface area contributed by atoms with Crippen molar-refractivity contribution in [2.24, 2.45) is 0 Å². The van der Waals surface area contributed by atoms with E-state index in [1.54, 1.807) is 6.07 Å². The molecule has 3 N–H and O–H groups in total. The standard InChI is InChI=1S/C24H23NO7S/c1-25(9-10-26)33(31,32)19-4-2-3-18(13-19)24(20-11-16(14-27)5-7-22(20)29)21-12-17(15-28)6-8-23(21)30/h2-8,11-15,24,26,29-30H,9-10H2,1H3. The van der Waals surface area contributed by atoms with Crippen LogP contribution in [0.5, 0.6) is 11.5 Å². The summed E-state index contributed by atoms with van der Waals surface area (Å²) in [6.07, 6.45) is 1.21. The van der Waals surface area contributed by atoms with E-state index >= 15 is 0 Å². The normalized spacial score (nSPS) is 11.6. The van der Waals surface area contributed by atoms with E-state index in [1.165, 1.54) is 61.6 Å². The molecule has 3 aromatic rings. The van der Waals surface area contributed by atoms with Crippen LogP contribution >= 0.6 is 0 Å². The molecular weight excluding hydrogens is 446 g/mol. The van der Waals surface area contributed by atoms with Crippen LogP contribution in [0.3, 0.4) is 0 Å². The zero-order chi connectivity index (χ0) is 24.2. The van der Waals surface area contributed by atoms with Gasteiger partial charge in [0, 0.05) is 41.8 Å². The van der Waals surface area contributed by atoms with Crippen molar-refractivity contribution in [2.75, 3.05) is 20.2 Å². The van der Waals surface area contributed by atoms with Gasteiger partial charge in [-0.15, -0.1) is 0 Å². The number of likely N-dealkylation sites (N-methyl/N-ethyl adjacent to an activating group) is 1. The summed E-state index contributed by atoms with van der Waals surface area (Å²) in [5, 5.41) is 30.3. The maximum atomic E-state index is 12.9. The fourth-order valence-corrected chi connectivity index (χ4v) is 4.79. The summed E-state index contributed by atoms with van der Waals surface area (Å²) in [4.78, 5) is 22.7. The summed E-state index contributed by atoms with van der Waals surface area (Å²) in [5.41, 5.74) is 1.42. The molecule has 3 rings (SSSR count). The Kier molecular flexibility index (Phi) is 7.27. The zero-order valence-corrected chi connectivity index (χ0v) is 18.6. The number of nitrogens with zero attached hydrogens (tertiary/aromatic N) is 1. The topological polar surface area (TPSA) is 132 Å². The number of carbonyl (C=O) groups is 2. The molecule has 0 spiro atoms. The number of phenols is 2. The second kappa shape index (κ2) is 9.95. The first-order valence-electron chi connectivity index (χ1n) is 9.96. The lowest BCUT2D eigenvalue weighted by Crippen LogP contribution is -2.29. The van der Waals surface area contributed by atoms with Crippen molar-refractivity contribution in [2.45, 2.75) is 10.8 Å². The van der Waals surface area contributed by atoms with Crippen LogP contribution in [0.15, 0.2) is 65.6 Å². The Morgan fingerprint density at radius 2 is 1.42 bits per heavy atom. The molecule has 0 saturated carbocycles. The van der Waals surface area contributed by atoms with Gasteiger partial charge in [-0.1, -0.05) is 12.1 Å². The molecule has 9 heteroatoms. The lowest BCUT2D eigenvalue weighted by atomic mass is 9.83. The maximum absolute atomic E-state index is 12.9. The highest BCUT2D eigenvalue weighted by Crippen LogP contribution is 2.41. The van der Waals surface area contributed by atoms with Crippen molar-refractivity contribution in [3.8, 4) is 11.5 Å². The van der Waals surface area contributed by atoms with Crippen LogP contribution in [0.2, 0.25) is 0 Å². The van der Waals surface area contributed by atoms with E-state index in [2.05, 4.69) is 0 Å². The van der Waals surface area contributed by atoms with Gasteiger partial charge in [-0.25, -0.2) is 8.42 Å². The lowest BCUT2D eigenvalue weighted by molar-refractivity contribution is 0.111. The maximum Gasteiger partial charge on any atom is 0.242 e. The van der Waals surface area contributed by atoms with Gasteiger partial charge in [-0.2, -0.15) is 4.31 Å². The van der Waals surface area contributed by atoms with Gasteiger partial charge in [0.25, 0.3) is 0 Å². The molecule has 0 aromatic heterocycles. The van der Waals surface area contributed by atoms with Crippen LogP contribution in [-0.2, 0) is 10.0 Å². The molecule has 0 aliphatic heterocycles. The fourth-order valence-electron chi connectivity index (χ4n) is 3.58. The molecule has 172 valence electrons. The minimum absolute atomic E-state index is 0.0574. The third kappa shape index (κ3) is 4.95. The number of carbonyl (C=O) groups excluding carboxylic acids is 2. The average molecular weight is 470 g/mol. The zero-order valence-electron chi connectivity index (χ0n) is 17.7. The van der Waals surface area contributed by atoms with E-state index in [0.29, 0.717) is 18.1 Å². The smallest absolute Gasteiger partial charge is 0.242 e. The molecule has 0 bridgehead atoms. The van der Waals surface area contributed by atoms with Crippen molar-refractivity contribution in [3.05, 3.63) is 88.5 Å². The molecule has 8 nitrogen and oxygen atoms in total. The Balaban J connectivity index is 2.29. The van der Waals surface area contributed by atoms with Gasteiger partial charge in [0.15, 0.2) is 0 Å². The first kappa shape index (κ1) is 24.1. The van der Waals surface area contributed by atoms with E-state index in [1.807, 2.05) is 0 Å². The molecule has 0 atom stereocenters. The number of aliphatic hydroxyl groups is 1. The molecule has 0 fully saturated rings. The molecule has 0 aliphatic carbocycles. The third-order valence-electron chi connectivity index (χ3n) is 5.31. The fraction of sp³-hybridized carbons (Fsp3) is 0.167. The Morgan fingerprint density at radius 3 is 1.91 bits per heavy atom. The summed E-state index contributed by atoms with van der Waals surface area (Å²) >= 11 is 0. The molecule has 0 saturated heterocycles. The van der Waals surface area contributed by atoms with E-state index in [0.717, 1.165) is 4.31 Å². The molecule has 0 amide bonds. The minimum Gasteiger partial charge on any atom is -0.508 e. The van der Waals surface area contributed by atoms with Gasteiger partial charge in [-0.05, 0) is 54.1 Å². The van der Waals surface area contributed by atoms with Gasteiger partial charge >= 0.3 is 0 Å². The van der Waals surface area contributed by atoms with Crippen molar-refractivity contribution in [1.29, 1.82) is 0 Å². The second-order valence-electron chi connectivity index (χ2n) is 7.43. The number of hydrogen-bond acceptors (Lipinski definition) is 7. The average Bonchev–Trinajstić information content (AvgIpc) is 2.82. The number of rotatable bonds is 9. The number of sulfonamides is 1. The van der Waals surface area contributed by atoms with Crippen LogP contribution in [-0.4, -0.2) is 60.8 Å². The SMILES string of the molecule is CN(CCO)S(=O)(=O)c1cccc(C(c2cc(C=O)ccc2O)c2cc(C=O)ccc2O)c1. The van der Waals surface area contributed by atoms with Crippen molar-refractivity contribution in [3.63, 3.8) is 0 Å². The highest BCUT2D eigenvalue weighted by molar-refractivity contribution is 7.89. The number of aldehydes is 2. The summed E-state index contributed by atoms with van der Waals surface area (Å²) in [6.45, 7) is -0.447. The quantitative estimate of drug-likeness (QED) is 0.324. The second-order valence-corrected chi connectivity index (χ2v) is 9.47. The Hall–Kier alpha value is -3.53. The molecular formula is C24H23NO7S. The molecule has 0 heterocycles. The molecule has 3 aromatic carbocycles. The predicted molar refractivity (Wildman–Crippen MR) is 121 cm³/mol. The number of hydrogen-bond donors (Lipinski definition) is 3. The predicted octanol–water partition coefficient (Wildman–Crippen LogP) is 2.52. The summed E-state index contributed by atoms with van der Waals surface area (Å²) in [7, 11) is -2.59. The molecule has 33 heavy (non-hydrogen) atoms. The van der Waals surface area contributed by atoms with Crippen molar-refractivity contribution in [1.82, 2.24) is 4.31 Å². The van der Waals surface area contributed by atoms with E-state index in [-0.39, 0.29) is 51.8 Å². The first-order valence-corrected chi connectivity index (χ1v) is 11.4. The summed E-state index contributed by atoms with van der Waals surface area (Å²) in [6, 6.07) is 14.3. The largest absolute Gasteiger partial charge is 0.508 e. The minimum atomic E-state index is -3.93. The molecule has 0 aliphatic rings.